The summed E-state index contributed by atoms with van der Waals surface area (Å²) < 4.78 is 5.08. The van der Waals surface area contributed by atoms with Crippen molar-refractivity contribution in [3.8, 4) is 11.5 Å². The number of amides is 1. The molecule has 22 heavy (non-hydrogen) atoms. The SMILES string of the molecule is COc1cc(/C=C2\SC(N3CCNCC3)=NC2=O)ccc1O. The molecule has 0 radical (unpaired) electrons. The third-order valence-electron chi connectivity index (χ3n) is 3.50. The van der Waals surface area contributed by atoms with Gasteiger partial charge in [0.1, 0.15) is 0 Å². The highest BCUT2D eigenvalue weighted by Crippen LogP contribution is 2.32. The first kappa shape index (κ1) is 14.9. The summed E-state index contributed by atoms with van der Waals surface area (Å²) in [4.78, 5) is 18.9. The van der Waals surface area contributed by atoms with Crippen LogP contribution in [0.15, 0.2) is 28.1 Å². The summed E-state index contributed by atoms with van der Waals surface area (Å²) in [5.74, 6) is 0.242. The molecule has 0 spiro atoms. The first-order valence-electron chi connectivity index (χ1n) is 7.02. The number of benzene rings is 1. The topological polar surface area (TPSA) is 74.2 Å². The Labute approximate surface area is 132 Å². The van der Waals surface area contributed by atoms with Crippen LogP contribution in [0.2, 0.25) is 0 Å². The van der Waals surface area contributed by atoms with Crippen molar-refractivity contribution < 1.29 is 14.6 Å². The average molecular weight is 319 g/mol. The molecule has 1 saturated heterocycles. The Morgan fingerprint density at radius 1 is 1.41 bits per heavy atom. The number of nitrogens with zero attached hydrogens (tertiary/aromatic N) is 2. The molecular weight excluding hydrogens is 302 g/mol. The van der Waals surface area contributed by atoms with Gasteiger partial charge in [-0.05, 0) is 35.5 Å². The molecule has 0 saturated carbocycles. The summed E-state index contributed by atoms with van der Waals surface area (Å²) in [6, 6.07) is 4.98. The first-order chi connectivity index (χ1) is 10.7. The summed E-state index contributed by atoms with van der Waals surface area (Å²) >= 11 is 1.39. The van der Waals surface area contributed by atoms with Gasteiger partial charge in [0, 0.05) is 26.2 Å². The van der Waals surface area contributed by atoms with Gasteiger partial charge in [0.05, 0.1) is 12.0 Å². The molecule has 0 unspecified atom stereocenters. The monoisotopic (exact) mass is 319 g/mol. The molecule has 2 heterocycles. The fraction of sp³-hybridized carbons (Fsp3) is 0.333. The fourth-order valence-corrected chi connectivity index (χ4v) is 3.29. The molecule has 2 N–H and O–H groups in total. The van der Waals surface area contributed by atoms with Crippen molar-refractivity contribution in [1.82, 2.24) is 10.2 Å². The smallest absolute Gasteiger partial charge is 0.286 e. The quantitative estimate of drug-likeness (QED) is 0.800. The van der Waals surface area contributed by atoms with E-state index < -0.39 is 0 Å². The van der Waals surface area contributed by atoms with E-state index in [9.17, 15) is 9.90 Å². The van der Waals surface area contributed by atoms with Crippen molar-refractivity contribution in [3.05, 3.63) is 28.7 Å². The second-order valence-corrected chi connectivity index (χ2v) is 5.99. The minimum absolute atomic E-state index is 0.0767. The van der Waals surface area contributed by atoms with Crippen LogP contribution in [0.3, 0.4) is 0 Å². The second kappa shape index (κ2) is 6.41. The Morgan fingerprint density at radius 3 is 2.91 bits per heavy atom. The van der Waals surface area contributed by atoms with Gasteiger partial charge in [-0.3, -0.25) is 4.79 Å². The van der Waals surface area contributed by atoms with E-state index in [2.05, 4.69) is 15.2 Å². The molecule has 0 atom stereocenters. The molecule has 2 aliphatic heterocycles. The lowest BCUT2D eigenvalue weighted by Gasteiger charge is -2.27. The fourth-order valence-electron chi connectivity index (χ4n) is 2.32. The molecule has 116 valence electrons. The van der Waals surface area contributed by atoms with Crippen LogP contribution in [-0.2, 0) is 4.79 Å². The van der Waals surface area contributed by atoms with Crippen molar-refractivity contribution in [1.29, 1.82) is 0 Å². The summed E-state index contributed by atoms with van der Waals surface area (Å²) in [6.07, 6.45) is 1.77. The second-order valence-electron chi connectivity index (χ2n) is 4.98. The third kappa shape index (κ3) is 3.10. The van der Waals surface area contributed by atoms with Gasteiger partial charge in [0.15, 0.2) is 16.7 Å². The van der Waals surface area contributed by atoms with E-state index in [1.165, 1.54) is 18.9 Å². The Hall–Kier alpha value is -1.99. The van der Waals surface area contributed by atoms with Crippen LogP contribution >= 0.6 is 11.8 Å². The minimum atomic E-state index is -0.217. The van der Waals surface area contributed by atoms with E-state index in [4.69, 9.17) is 4.74 Å². The molecule has 7 heteroatoms. The number of hydrogen-bond donors (Lipinski definition) is 2. The maximum Gasteiger partial charge on any atom is 0.286 e. The van der Waals surface area contributed by atoms with E-state index in [1.807, 2.05) is 0 Å². The molecule has 0 aliphatic carbocycles. The average Bonchev–Trinajstić information content (AvgIpc) is 2.91. The highest BCUT2D eigenvalue weighted by molar-refractivity contribution is 8.18. The number of aliphatic imine (C=N–C) groups is 1. The first-order valence-corrected chi connectivity index (χ1v) is 7.84. The zero-order valence-electron chi connectivity index (χ0n) is 12.2. The molecule has 1 amide bonds. The molecule has 3 rings (SSSR count). The summed E-state index contributed by atoms with van der Waals surface area (Å²) in [5, 5.41) is 13.6. The Bertz CT molecular complexity index is 651. The molecule has 1 aromatic rings. The lowest BCUT2D eigenvalue weighted by Crippen LogP contribution is -2.45. The minimum Gasteiger partial charge on any atom is -0.504 e. The van der Waals surface area contributed by atoms with Gasteiger partial charge in [0.25, 0.3) is 5.91 Å². The highest BCUT2D eigenvalue weighted by atomic mass is 32.2. The lowest BCUT2D eigenvalue weighted by molar-refractivity contribution is -0.113. The molecule has 0 aromatic heterocycles. The van der Waals surface area contributed by atoms with Crippen LogP contribution in [0.1, 0.15) is 5.56 Å². The van der Waals surface area contributed by atoms with Gasteiger partial charge in [-0.15, -0.1) is 0 Å². The Morgan fingerprint density at radius 2 is 2.18 bits per heavy atom. The number of amidine groups is 1. The maximum atomic E-state index is 12.1. The van der Waals surface area contributed by atoms with E-state index in [0.29, 0.717) is 10.7 Å². The highest BCUT2D eigenvalue weighted by Gasteiger charge is 2.26. The zero-order chi connectivity index (χ0) is 15.5. The molecule has 0 bridgehead atoms. The number of ether oxygens (including phenoxy) is 1. The third-order valence-corrected chi connectivity index (χ3v) is 4.54. The number of aromatic hydroxyl groups is 1. The largest absolute Gasteiger partial charge is 0.504 e. The van der Waals surface area contributed by atoms with E-state index in [-0.39, 0.29) is 11.7 Å². The molecule has 6 nitrogen and oxygen atoms in total. The summed E-state index contributed by atoms with van der Waals surface area (Å²) in [6.45, 7) is 3.53. The van der Waals surface area contributed by atoms with Gasteiger partial charge in [-0.25, -0.2) is 0 Å². The number of hydrogen-bond acceptors (Lipinski definition) is 6. The number of phenolic OH excluding ortho intramolecular Hbond substituents is 1. The number of methoxy groups -OCH3 is 1. The predicted octanol–water partition coefficient (Wildman–Crippen LogP) is 1.28. The van der Waals surface area contributed by atoms with Crippen molar-refractivity contribution in [2.24, 2.45) is 4.99 Å². The van der Waals surface area contributed by atoms with Crippen LogP contribution < -0.4 is 10.1 Å². The molecule has 2 aliphatic rings. The summed E-state index contributed by atoms with van der Waals surface area (Å²) in [5.41, 5.74) is 0.794. The van der Waals surface area contributed by atoms with E-state index >= 15 is 0 Å². The lowest BCUT2D eigenvalue weighted by atomic mass is 10.2. The van der Waals surface area contributed by atoms with Gasteiger partial charge in [-0.1, -0.05) is 6.07 Å². The number of nitrogens with one attached hydrogen (secondary N) is 1. The number of phenols is 1. The van der Waals surface area contributed by atoms with Crippen LogP contribution in [0.25, 0.3) is 6.08 Å². The molecule has 1 aromatic carbocycles. The van der Waals surface area contributed by atoms with Crippen molar-refractivity contribution in [2.45, 2.75) is 0 Å². The number of carbonyl (C=O) groups excluding carboxylic acids is 1. The normalized spacial score (nSPS) is 20.4. The predicted molar refractivity (Wildman–Crippen MR) is 87.1 cm³/mol. The van der Waals surface area contributed by atoms with Crippen molar-refractivity contribution in [3.63, 3.8) is 0 Å². The number of piperazine rings is 1. The van der Waals surface area contributed by atoms with Gasteiger partial charge in [0.2, 0.25) is 0 Å². The van der Waals surface area contributed by atoms with Crippen LogP contribution in [0.5, 0.6) is 11.5 Å². The van der Waals surface area contributed by atoms with Crippen LogP contribution in [-0.4, -0.2) is 54.4 Å². The molecular formula is C15H17N3O3S. The van der Waals surface area contributed by atoms with E-state index in [0.717, 1.165) is 36.9 Å². The standard InChI is InChI=1S/C15H17N3O3S/c1-21-12-8-10(2-3-11(12)19)9-13-14(20)17-15(22-13)18-6-4-16-5-7-18/h2-3,8-9,16,19H,4-7H2,1H3/b13-9-. The van der Waals surface area contributed by atoms with Gasteiger partial charge in [-0.2, -0.15) is 4.99 Å². The van der Waals surface area contributed by atoms with Crippen LogP contribution in [0, 0.1) is 0 Å². The maximum absolute atomic E-state index is 12.1. The molecule has 1 fully saturated rings. The summed E-state index contributed by atoms with van der Waals surface area (Å²) in [7, 11) is 1.49. The van der Waals surface area contributed by atoms with Crippen molar-refractivity contribution in [2.75, 3.05) is 33.3 Å². The zero-order valence-corrected chi connectivity index (χ0v) is 13.0. The van der Waals surface area contributed by atoms with Gasteiger partial charge < -0.3 is 20.1 Å². The van der Waals surface area contributed by atoms with Crippen LogP contribution in [0.4, 0.5) is 0 Å². The Balaban J connectivity index is 1.77. The number of carbonyl (C=O) groups is 1. The number of thioether (sulfide) groups is 1. The van der Waals surface area contributed by atoms with Gasteiger partial charge >= 0.3 is 0 Å². The number of rotatable bonds is 2. The van der Waals surface area contributed by atoms with Crippen molar-refractivity contribution >= 4 is 28.9 Å². The Kier molecular flexibility index (Phi) is 4.35. The van der Waals surface area contributed by atoms with E-state index in [1.54, 1.807) is 24.3 Å².